The van der Waals surface area contributed by atoms with Gasteiger partial charge in [0.15, 0.2) is 0 Å². The van der Waals surface area contributed by atoms with Gasteiger partial charge in [-0.25, -0.2) is 4.39 Å². The van der Waals surface area contributed by atoms with Crippen LogP contribution in [-0.2, 0) is 11.3 Å². The number of amides is 2. The van der Waals surface area contributed by atoms with E-state index >= 15 is 0 Å². The summed E-state index contributed by atoms with van der Waals surface area (Å²) in [7, 11) is 3.17. The third-order valence-corrected chi connectivity index (χ3v) is 6.30. The number of rotatable bonds is 7. The van der Waals surface area contributed by atoms with Crippen LogP contribution in [0.4, 0.5) is 10.1 Å². The maximum absolute atomic E-state index is 13.2. The van der Waals surface area contributed by atoms with Gasteiger partial charge in [-0.2, -0.15) is 5.10 Å². The van der Waals surface area contributed by atoms with E-state index in [2.05, 4.69) is 10.4 Å². The van der Waals surface area contributed by atoms with E-state index in [1.807, 2.05) is 17.7 Å². The van der Waals surface area contributed by atoms with Crippen LogP contribution < -0.4 is 10.1 Å². The molecule has 2 amide bonds. The highest BCUT2D eigenvalue weighted by molar-refractivity contribution is 7.20. The maximum Gasteiger partial charge on any atom is 0.264 e. The highest BCUT2D eigenvalue weighted by Crippen LogP contribution is 2.29. The molecule has 0 fully saturated rings. The van der Waals surface area contributed by atoms with Gasteiger partial charge in [0.25, 0.3) is 5.91 Å². The molecule has 0 bridgehead atoms. The number of benzene rings is 2. The number of nitrogens with zero attached hydrogens (tertiary/aromatic N) is 3. The molecule has 7 nitrogen and oxygen atoms in total. The van der Waals surface area contributed by atoms with Crippen LogP contribution in [-0.4, -0.2) is 47.2 Å². The zero-order valence-electron chi connectivity index (χ0n) is 18.5. The molecule has 0 aliphatic carbocycles. The summed E-state index contributed by atoms with van der Waals surface area (Å²) in [5, 5.41) is 8.22. The van der Waals surface area contributed by atoms with Gasteiger partial charge < -0.3 is 15.0 Å². The summed E-state index contributed by atoms with van der Waals surface area (Å²) in [4.78, 5) is 28.1. The van der Waals surface area contributed by atoms with Gasteiger partial charge in [-0.3, -0.25) is 14.3 Å². The molecule has 2 aromatic heterocycles. The number of thiophene rings is 1. The highest BCUT2D eigenvalue weighted by atomic mass is 32.1. The molecule has 0 spiro atoms. The zero-order chi connectivity index (χ0) is 23.5. The van der Waals surface area contributed by atoms with Crippen molar-refractivity contribution in [2.24, 2.45) is 0 Å². The van der Waals surface area contributed by atoms with Gasteiger partial charge >= 0.3 is 0 Å². The van der Waals surface area contributed by atoms with Crippen molar-refractivity contribution in [3.05, 3.63) is 76.5 Å². The van der Waals surface area contributed by atoms with Gasteiger partial charge in [0, 0.05) is 18.1 Å². The Labute approximate surface area is 194 Å². The second-order valence-electron chi connectivity index (χ2n) is 7.64. The molecule has 9 heteroatoms. The van der Waals surface area contributed by atoms with Gasteiger partial charge in [-0.05, 0) is 55.0 Å². The van der Waals surface area contributed by atoms with Gasteiger partial charge in [-0.1, -0.05) is 12.1 Å². The Bertz CT molecular complexity index is 1300. The third-order valence-electron chi connectivity index (χ3n) is 5.17. The Morgan fingerprint density at radius 1 is 1.15 bits per heavy atom. The number of carbonyl (C=O) groups excluding carboxylic acids is 2. The first-order valence-electron chi connectivity index (χ1n) is 10.2. The number of aromatic nitrogens is 2. The SMILES string of the molecule is COc1ccc(NC(=O)CN(C)C(=O)c2cc3c(C)nn(Cc4ccc(F)cc4)c3s2)cc1. The number of nitrogens with one attached hydrogen (secondary N) is 1. The first-order chi connectivity index (χ1) is 15.8. The van der Waals surface area contributed by atoms with Crippen LogP contribution in [0.1, 0.15) is 20.9 Å². The molecule has 33 heavy (non-hydrogen) atoms. The number of anilines is 1. The Morgan fingerprint density at radius 2 is 1.85 bits per heavy atom. The summed E-state index contributed by atoms with van der Waals surface area (Å²) in [5.41, 5.74) is 2.34. The smallest absolute Gasteiger partial charge is 0.264 e. The molecule has 4 aromatic rings. The highest BCUT2D eigenvalue weighted by Gasteiger charge is 2.20. The van der Waals surface area contributed by atoms with Crippen molar-refractivity contribution < 1.29 is 18.7 Å². The van der Waals surface area contributed by atoms with E-state index in [0.717, 1.165) is 21.5 Å². The minimum absolute atomic E-state index is 0.0835. The maximum atomic E-state index is 13.2. The summed E-state index contributed by atoms with van der Waals surface area (Å²) >= 11 is 1.33. The number of hydrogen-bond acceptors (Lipinski definition) is 5. The lowest BCUT2D eigenvalue weighted by Gasteiger charge is -2.16. The van der Waals surface area contributed by atoms with Crippen LogP contribution >= 0.6 is 11.3 Å². The van der Waals surface area contributed by atoms with Crippen LogP contribution in [0.2, 0.25) is 0 Å². The average molecular weight is 467 g/mol. The quantitative estimate of drug-likeness (QED) is 0.440. The molecule has 0 aliphatic rings. The normalized spacial score (nSPS) is 10.9. The van der Waals surface area contributed by atoms with E-state index in [1.165, 1.54) is 28.4 Å². The molecule has 0 radical (unpaired) electrons. The average Bonchev–Trinajstić information content (AvgIpc) is 3.36. The van der Waals surface area contributed by atoms with Gasteiger partial charge in [0.2, 0.25) is 5.91 Å². The molecule has 0 aliphatic heterocycles. The fourth-order valence-corrected chi connectivity index (χ4v) is 4.59. The van der Waals surface area contributed by atoms with Crippen molar-refractivity contribution in [3.63, 3.8) is 0 Å². The number of carbonyl (C=O) groups is 2. The molecule has 170 valence electrons. The first kappa shape index (κ1) is 22.5. The number of methoxy groups -OCH3 is 1. The number of aryl methyl sites for hydroxylation is 1. The summed E-state index contributed by atoms with van der Waals surface area (Å²) in [6, 6.07) is 15.0. The number of halogens is 1. The molecular formula is C24H23FN4O3S. The number of hydrogen-bond donors (Lipinski definition) is 1. The summed E-state index contributed by atoms with van der Waals surface area (Å²) in [6.45, 7) is 2.27. The molecule has 0 unspecified atom stereocenters. The number of ether oxygens (including phenoxy) is 1. The van der Waals surface area contributed by atoms with Crippen molar-refractivity contribution in [3.8, 4) is 5.75 Å². The Balaban J connectivity index is 1.45. The third kappa shape index (κ3) is 5.04. The van der Waals surface area contributed by atoms with E-state index in [4.69, 9.17) is 4.74 Å². The molecular weight excluding hydrogens is 443 g/mol. The van der Waals surface area contributed by atoms with Crippen LogP contribution in [0.25, 0.3) is 10.2 Å². The fraction of sp³-hybridized carbons (Fsp3) is 0.208. The van der Waals surface area contributed by atoms with E-state index < -0.39 is 0 Å². The molecule has 0 saturated carbocycles. The Morgan fingerprint density at radius 3 is 2.52 bits per heavy atom. The second-order valence-corrected chi connectivity index (χ2v) is 8.67. The van der Waals surface area contributed by atoms with Crippen molar-refractivity contribution in [1.82, 2.24) is 14.7 Å². The standard InChI is InChI=1S/C24H23FN4O3S/c1-15-20-12-21(33-24(20)29(27-15)13-16-4-6-17(25)7-5-16)23(31)28(2)14-22(30)26-18-8-10-19(32-3)11-9-18/h4-12H,13-14H2,1-3H3,(H,26,30). The minimum Gasteiger partial charge on any atom is -0.497 e. The molecule has 2 aromatic carbocycles. The number of likely N-dealkylation sites (N-methyl/N-ethyl adjacent to an activating group) is 1. The second kappa shape index (κ2) is 9.41. The Kier molecular flexibility index (Phi) is 6.41. The molecule has 0 atom stereocenters. The molecule has 1 N–H and O–H groups in total. The molecule has 0 saturated heterocycles. The van der Waals surface area contributed by atoms with E-state index in [-0.39, 0.29) is 24.2 Å². The monoisotopic (exact) mass is 466 g/mol. The van der Waals surface area contributed by atoms with Gasteiger partial charge in [0.05, 0.1) is 30.8 Å². The van der Waals surface area contributed by atoms with E-state index in [9.17, 15) is 14.0 Å². The topological polar surface area (TPSA) is 76.5 Å². The lowest BCUT2D eigenvalue weighted by molar-refractivity contribution is -0.116. The van der Waals surface area contributed by atoms with Crippen LogP contribution in [0.5, 0.6) is 5.75 Å². The van der Waals surface area contributed by atoms with Crippen LogP contribution in [0.15, 0.2) is 54.6 Å². The summed E-state index contributed by atoms with van der Waals surface area (Å²) < 4.78 is 20.1. The van der Waals surface area contributed by atoms with Crippen molar-refractivity contribution in [2.45, 2.75) is 13.5 Å². The number of fused-ring (bicyclic) bond motifs is 1. The lowest BCUT2D eigenvalue weighted by atomic mass is 10.2. The predicted octanol–water partition coefficient (Wildman–Crippen LogP) is 4.31. The predicted molar refractivity (Wildman–Crippen MR) is 126 cm³/mol. The largest absolute Gasteiger partial charge is 0.497 e. The lowest BCUT2D eigenvalue weighted by Crippen LogP contribution is -2.34. The van der Waals surface area contributed by atoms with Crippen LogP contribution in [0, 0.1) is 12.7 Å². The summed E-state index contributed by atoms with van der Waals surface area (Å²) in [6.07, 6.45) is 0. The van der Waals surface area contributed by atoms with Gasteiger partial charge in [0.1, 0.15) is 16.4 Å². The molecule has 4 rings (SSSR count). The van der Waals surface area contributed by atoms with E-state index in [1.54, 1.807) is 50.6 Å². The molecule has 2 heterocycles. The van der Waals surface area contributed by atoms with Crippen molar-refractivity contribution in [2.75, 3.05) is 26.0 Å². The summed E-state index contributed by atoms with van der Waals surface area (Å²) in [5.74, 6) is -0.133. The Hall–Kier alpha value is -3.72. The van der Waals surface area contributed by atoms with E-state index in [0.29, 0.717) is 22.9 Å². The zero-order valence-corrected chi connectivity index (χ0v) is 19.3. The van der Waals surface area contributed by atoms with Crippen LogP contribution in [0.3, 0.4) is 0 Å². The van der Waals surface area contributed by atoms with Gasteiger partial charge in [-0.15, -0.1) is 11.3 Å². The first-order valence-corrected chi connectivity index (χ1v) is 11.1. The minimum atomic E-state index is -0.296. The van der Waals surface area contributed by atoms with Crippen molar-refractivity contribution in [1.29, 1.82) is 0 Å². The van der Waals surface area contributed by atoms with Crippen molar-refractivity contribution >= 4 is 39.1 Å². The fourth-order valence-electron chi connectivity index (χ4n) is 3.44.